The van der Waals surface area contributed by atoms with Crippen LogP contribution in [0.1, 0.15) is 12.5 Å². The Bertz CT molecular complexity index is 620. The van der Waals surface area contributed by atoms with Crippen LogP contribution in [0.4, 0.5) is 0 Å². The van der Waals surface area contributed by atoms with Crippen LogP contribution in [-0.2, 0) is 4.79 Å². The van der Waals surface area contributed by atoms with Gasteiger partial charge in [0.2, 0.25) is 0 Å². The molecule has 0 aliphatic heterocycles. The van der Waals surface area contributed by atoms with Crippen LogP contribution in [0, 0.1) is 11.8 Å². The normalized spacial score (nSPS) is 9.53. The predicted octanol–water partition coefficient (Wildman–Crippen LogP) is 3.98. The van der Waals surface area contributed by atoms with Crippen LogP contribution in [0.2, 0.25) is 0 Å². The molecule has 19 heavy (non-hydrogen) atoms. The van der Waals surface area contributed by atoms with Crippen molar-refractivity contribution in [2.45, 2.75) is 6.92 Å². The highest BCUT2D eigenvalue weighted by Crippen LogP contribution is 2.22. The van der Waals surface area contributed by atoms with Crippen LogP contribution in [0.25, 0.3) is 11.1 Å². The topological polar surface area (TPSA) is 17.1 Å². The third kappa shape index (κ3) is 4.01. The highest BCUT2D eigenvalue weighted by atomic mass is 32.2. The second-order valence-corrected chi connectivity index (χ2v) is 5.15. The first-order chi connectivity index (χ1) is 9.27. The van der Waals surface area contributed by atoms with Crippen molar-refractivity contribution in [3.8, 4) is 23.0 Å². The Hall–Kier alpha value is -1.98. The van der Waals surface area contributed by atoms with Gasteiger partial charge in [-0.25, -0.2) is 0 Å². The zero-order valence-electron chi connectivity index (χ0n) is 10.7. The van der Waals surface area contributed by atoms with Gasteiger partial charge in [0.1, 0.15) is 0 Å². The van der Waals surface area contributed by atoms with E-state index in [9.17, 15) is 4.79 Å². The molecule has 2 aromatic carbocycles. The minimum absolute atomic E-state index is 0.102. The van der Waals surface area contributed by atoms with Gasteiger partial charge in [0.25, 0.3) is 0 Å². The van der Waals surface area contributed by atoms with Gasteiger partial charge < -0.3 is 0 Å². The molecule has 0 bridgehead atoms. The fourth-order valence-electron chi connectivity index (χ4n) is 1.73. The summed E-state index contributed by atoms with van der Waals surface area (Å²) in [5, 5.41) is 0.102. The van der Waals surface area contributed by atoms with Gasteiger partial charge in [0.05, 0.1) is 5.75 Å². The molecule has 0 heterocycles. The maximum Gasteiger partial charge on any atom is 0.186 e. The van der Waals surface area contributed by atoms with Crippen LogP contribution < -0.4 is 0 Å². The van der Waals surface area contributed by atoms with E-state index in [1.807, 2.05) is 36.4 Å². The SMILES string of the molecule is CC(=O)SCC#Cc1ccccc1-c1ccccc1. The quantitative estimate of drug-likeness (QED) is 0.765. The second kappa shape index (κ2) is 6.82. The van der Waals surface area contributed by atoms with Gasteiger partial charge in [0.15, 0.2) is 5.12 Å². The minimum Gasteiger partial charge on any atom is -0.288 e. The van der Waals surface area contributed by atoms with Gasteiger partial charge in [-0.3, -0.25) is 4.79 Å². The van der Waals surface area contributed by atoms with E-state index in [0.717, 1.165) is 16.7 Å². The van der Waals surface area contributed by atoms with Gasteiger partial charge in [-0.05, 0) is 17.2 Å². The van der Waals surface area contributed by atoms with Crippen molar-refractivity contribution in [1.82, 2.24) is 0 Å². The van der Waals surface area contributed by atoms with Crippen LogP contribution in [0.3, 0.4) is 0 Å². The smallest absolute Gasteiger partial charge is 0.186 e. The summed E-state index contributed by atoms with van der Waals surface area (Å²) in [6, 6.07) is 18.3. The molecule has 0 saturated carbocycles. The molecule has 0 unspecified atom stereocenters. The average molecular weight is 266 g/mol. The fourth-order valence-corrected chi connectivity index (χ4v) is 2.08. The average Bonchev–Trinajstić information content (AvgIpc) is 2.45. The third-order valence-electron chi connectivity index (χ3n) is 2.58. The van der Waals surface area contributed by atoms with Gasteiger partial charge in [-0.15, -0.1) is 0 Å². The largest absolute Gasteiger partial charge is 0.288 e. The maximum absolute atomic E-state index is 10.8. The number of carbonyl (C=O) groups is 1. The van der Waals surface area contributed by atoms with Crippen molar-refractivity contribution in [3.63, 3.8) is 0 Å². The molecule has 0 aromatic heterocycles. The van der Waals surface area contributed by atoms with E-state index in [1.165, 1.54) is 11.8 Å². The first kappa shape index (κ1) is 13.5. The molecule has 0 N–H and O–H groups in total. The van der Waals surface area contributed by atoms with Crippen molar-refractivity contribution in [2.24, 2.45) is 0 Å². The zero-order valence-corrected chi connectivity index (χ0v) is 11.5. The van der Waals surface area contributed by atoms with Crippen molar-refractivity contribution in [3.05, 3.63) is 60.2 Å². The van der Waals surface area contributed by atoms with Crippen LogP contribution >= 0.6 is 11.8 Å². The van der Waals surface area contributed by atoms with E-state index >= 15 is 0 Å². The summed E-state index contributed by atoms with van der Waals surface area (Å²) in [6.07, 6.45) is 0. The number of carbonyl (C=O) groups excluding carboxylic acids is 1. The lowest BCUT2D eigenvalue weighted by Gasteiger charge is -2.04. The summed E-state index contributed by atoms with van der Waals surface area (Å²) < 4.78 is 0. The lowest BCUT2D eigenvalue weighted by molar-refractivity contribution is -0.109. The summed E-state index contributed by atoms with van der Waals surface area (Å²) in [7, 11) is 0. The van der Waals surface area contributed by atoms with Crippen LogP contribution in [0.15, 0.2) is 54.6 Å². The molecular formula is C17H14OS. The van der Waals surface area contributed by atoms with Crippen LogP contribution in [0.5, 0.6) is 0 Å². The van der Waals surface area contributed by atoms with E-state index in [1.54, 1.807) is 6.92 Å². The second-order valence-electron chi connectivity index (χ2n) is 3.99. The molecular weight excluding hydrogens is 252 g/mol. The summed E-state index contributed by atoms with van der Waals surface area (Å²) in [5.74, 6) is 6.72. The number of thioether (sulfide) groups is 1. The van der Waals surface area contributed by atoms with Crippen LogP contribution in [-0.4, -0.2) is 10.9 Å². The first-order valence-electron chi connectivity index (χ1n) is 6.04. The number of hydrogen-bond donors (Lipinski definition) is 0. The number of benzene rings is 2. The van der Waals surface area contributed by atoms with Gasteiger partial charge in [-0.2, -0.15) is 0 Å². The summed E-state index contributed by atoms with van der Waals surface area (Å²) in [5.41, 5.74) is 3.29. The first-order valence-corrected chi connectivity index (χ1v) is 7.02. The Morgan fingerprint density at radius 1 is 1.05 bits per heavy atom. The molecule has 0 aliphatic carbocycles. The molecule has 0 spiro atoms. The van der Waals surface area contributed by atoms with Gasteiger partial charge >= 0.3 is 0 Å². The third-order valence-corrected chi connectivity index (χ3v) is 3.28. The molecule has 1 nitrogen and oxygen atoms in total. The predicted molar refractivity (Wildman–Crippen MR) is 81.9 cm³/mol. The molecule has 2 rings (SSSR count). The Balaban J connectivity index is 2.24. The van der Waals surface area contributed by atoms with Gasteiger partial charge in [-0.1, -0.05) is 72.1 Å². The standard InChI is InChI=1S/C17H14OS/c1-14(18)19-13-7-11-16-10-5-6-12-17(16)15-8-3-2-4-9-15/h2-6,8-10,12H,13H2,1H3. The Morgan fingerprint density at radius 3 is 2.47 bits per heavy atom. The number of hydrogen-bond acceptors (Lipinski definition) is 2. The summed E-state index contributed by atoms with van der Waals surface area (Å²) in [4.78, 5) is 10.8. The summed E-state index contributed by atoms with van der Waals surface area (Å²) >= 11 is 1.24. The highest BCUT2D eigenvalue weighted by molar-refractivity contribution is 8.13. The molecule has 0 aliphatic rings. The number of rotatable bonds is 2. The van der Waals surface area contributed by atoms with Crippen molar-refractivity contribution < 1.29 is 4.79 Å². The zero-order chi connectivity index (χ0) is 13.5. The Morgan fingerprint density at radius 2 is 1.74 bits per heavy atom. The highest BCUT2D eigenvalue weighted by Gasteiger charge is 2.01. The molecule has 0 amide bonds. The lowest BCUT2D eigenvalue weighted by atomic mass is 10.0. The van der Waals surface area contributed by atoms with E-state index < -0.39 is 0 Å². The minimum atomic E-state index is 0.102. The van der Waals surface area contributed by atoms with E-state index in [-0.39, 0.29) is 5.12 Å². The maximum atomic E-state index is 10.8. The van der Waals surface area contributed by atoms with E-state index in [4.69, 9.17) is 0 Å². The van der Waals surface area contributed by atoms with E-state index in [2.05, 4.69) is 30.0 Å². The summed E-state index contributed by atoms with van der Waals surface area (Å²) in [6.45, 7) is 1.56. The van der Waals surface area contributed by atoms with Gasteiger partial charge in [0, 0.05) is 12.5 Å². The molecule has 2 aromatic rings. The monoisotopic (exact) mass is 266 g/mol. The van der Waals surface area contributed by atoms with E-state index in [0.29, 0.717) is 5.75 Å². The van der Waals surface area contributed by atoms with Crippen molar-refractivity contribution in [1.29, 1.82) is 0 Å². The Kier molecular flexibility index (Phi) is 4.83. The lowest BCUT2D eigenvalue weighted by Crippen LogP contribution is -1.85. The molecule has 94 valence electrons. The molecule has 0 atom stereocenters. The molecule has 0 saturated heterocycles. The van der Waals surface area contributed by atoms with Crippen molar-refractivity contribution in [2.75, 3.05) is 5.75 Å². The molecule has 2 heteroatoms. The van der Waals surface area contributed by atoms with Crippen molar-refractivity contribution >= 4 is 16.9 Å². The molecule has 0 fully saturated rings. The fraction of sp³-hybridized carbons (Fsp3) is 0.118. The Labute approximate surface area is 118 Å². The molecule has 0 radical (unpaired) electrons.